The smallest absolute Gasteiger partial charge is 0.465 e. The number of unbranched alkanes of at least 4 members (excludes halogenated alkanes) is 1. The van der Waals surface area contributed by atoms with Crippen molar-refractivity contribution in [3.63, 3.8) is 0 Å². The van der Waals surface area contributed by atoms with E-state index in [9.17, 15) is 0 Å². The van der Waals surface area contributed by atoms with Gasteiger partial charge in [0.15, 0.2) is 6.29 Å². The lowest BCUT2D eigenvalue weighted by molar-refractivity contribution is -0.0827. The van der Waals surface area contributed by atoms with Crippen LogP contribution in [0.25, 0.3) is 0 Å². The quantitative estimate of drug-likeness (QED) is 0.124. The van der Waals surface area contributed by atoms with E-state index in [2.05, 4.69) is 46.8 Å². The Morgan fingerprint density at radius 2 is 1.35 bits per heavy atom. The summed E-state index contributed by atoms with van der Waals surface area (Å²) in [6.07, 6.45) is 7.55. The third-order valence-electron chi connectivity index (χ3n) is 4.87. The molecule has 0 N–H and O–H groups in total. The average Bonchev–Trinajstić information content (AvgIpc) is 2.80. The zero-order valence-corrected chi connectivity index (χ0v) is 21.6. The first-order valence-electron chi connectivity index (χ1n) is 12.4. The lowest BCUT2D eigenvalue weighted by Crippen LogP contribution is -2.46. The molecule has 31 heavy (non-hydrogen) atoms. The number of para-hydroxylation sites is 1. The van der Waals surface area contributed by atoms with Gasteiger partial charge in [-0.3, -0.25) is 0 Å². The number of hydrogen-bond donors (Lipinski definition) is 0. The Hall–Kier alpha value is -0.923. The average molecular weight is 455 g/mol. The minimum absolute atomic E-state index is 0.199. The van der Waals surface area contributed by atoms with E-state index in [1.165, 1.54) is 5.56 Å². The first-order chi connectivity index (χ1) is 15.1. The second-order valence-electron chi connectivity index (χ2n) is 7.87. The summed E-state index contributed by atoms with van der Waals surface area (Å²) < 4.78 is 30.8. The maximum atomic E-state index is 6.23. The van der Waals surface area contributed by atoms with Crippen LogP contribution in [0.15, 0.2) is 24.3 Å². The van der Waals surface area contributed by atoms with E-state index in [1.54, 1.807) is 0 Å². The number of hydrogen-bond acceptors (Lipinski definition) is 5. The van der Waals surface area contributed by atoms with Gasteiger partial charge in [-0.25, -0.2) is 0 Å². The summed E-state index contributed by atoms with van der Waals surface area (Å²) in [5.41, 5.74) is 1.20. The van der Waals surface area contributed by atoms with E-state index in [1.807, 2.05) is 12.1 Å². The molecule has 1 unspecified atom stereocenters. The van der Waals surface area contributed by atoms with Crippen molar-refractivity contribution in [2.24, 2.45) is 0 Å². The molecule has 1 aromatic rings. The topological polar surface area (TPSA) is 46.2 Å². The molecule has 0 bridgehead atoms. The molecule has 0 saturated carbocycles. The molecule has 0 aliphatic heterocycles. The van der Waals surface area contributed by atoms with Crippen LogP contribution in [0.4, 0.5) is 0 Å². The molecule has 1 aromatic carbocycles. The molecule has 180 valence electrons. The van der Waals surface area contributed by atoms with Gasteiger partial charge in [-0.2, -0.15) is 0 Å². The maximum absolute atomic E-state index is 6.23. The van der Waals surface area contributed by atoms with E-state index in [-0.39, 0.29) is 6.29 Å². The second kappa shape index (κ2) is 17.6. The Bertz CT molecular complexity index is 533. The lowest BCUT2D eigenvalue weighted by atomic mass is 10.1. The number of benzene rings is 1. The SMILES string of the molecule is CCCCOC(CC)Oc1ccccc1CCC[Si](OCCC)(OCCC)OCCC. The minimum atomic E-state index is -2.66. The first kappa shape index (κ1) is 28.1. The number of ether oxygens (including phenoxy) is 2. The highest BCUT2D eigenvalue weighted by atomic mass is 28.4. The molecule has 0 heterocycles. The highest BCUT2D eigenvalue weighted by Gasteiger charge is 2.40. The van der Waals surface area contributed by atoms with Gasteiger partial charge in [-0.05, 0) is 50.2 Å². The van der Waals surface area contributed by atoms with Crippen LogP contribution in [-0.2, 0) is 24.4 Å². The van der Waals surface area contributed by atoms with Crippen molar-refractivity contribution < 1.29 is 22.8 Å². The summed E-state index contributed by atoms with van der Waals surface area (Å²) in [5, 5.41) is 0. The molecule has 1 rings (SSSR count). The maximum Gasteiger partial charge on any atom is 0.500 e. The molecule has 0 spiro atoms. The van der Waals surface area contributed by atoms with Gasteiger partial charge in [0.05, 0.1) is 6.61 Å². The van der Waals surface area contributed by atoms with Crippen molar-refractivity contribution in [1.29, 1.82) is 0 Å². The molecule has 0 aliphatic rings. The summed E-state index contributed by atoms with van der Waals surface area (Å²) in [4.78, 5) is 0. The Labute approximate surface area is 192 Å². The van der Waals surface area contributed by atoms with E-state index in [0.29, 0.717) is 19.8 Å². The van der Waals surface area contributed by atoms with Gasteiger partial charge in [-0.1, -0.05) is 59.2 Å². The summed E-state index contributed by atoms with van der Waals surface area (Å²) in [7, 11) is -2.66. The fraction of sp³-hybridized carbons (Fsp3) is 0.760. The van der Waals surface area contributed by atoms with Gasteiger partial charge in [0.25, 0.3) is 0 Å². The van der Waals surface area contributed by atoms with Crippen molar-refractivity contribution in [3.8, 4) is 5.75 Å². The van der Waals surface area contributed by atoms with Crippen LogP contribution in [0.3, 0.4) is 0 Å². The van der Waals surface area contributed by atoms with E-state index >= 15 is 0 Å². The summed E-state index contributed by atoms with van der Waals surface area (Å²) in [6, 6.07) is 9.10. The molecular formula is C25H46O5Si. The normalized spacial score (nSPS) is 12.8. The number of aryl methyl sites for hydroxylation is 1. The summed E-state index contributed by atoms with van der Waals surface area (Å²) >= 11 is 0. The van der Waals surface area contributed by atoms with Gasteiger partial charge in [0.2, 0.25) is 0 Å². The molecule has 0 radical (unpaired) electrons. The second-order valence-corrected chi connectivity index (χ2v) is 10.6. The third-order valence-corrected chi connectivity index (χ3v) is 7.77. The third kappa shape index (κ3) is 11.5. The zero-order chi connectivity index (χ0) is 22.8. The molecule has 0 amide bonds. The first-order valence-corrected chi connectivity index (χ1v) is 14.4. The molecule has 0 aromatic heterocycles. The monoisotopic (exact) mass is 454 g/mol. The van der Waals surface area contributed by atoms with Crippen molar-refractivity contribution in [3.05, 3.63) is 29.8 Å². The van der Waals surface area contributed by atoms with Crippen LogP contribution in [0, 0.1) is 0 Å². The van der Waals surface area contributed by atoms with Gasteiger partial charge < -0.3 is 22.8 Å². The molecule has 1 atom stereocenters. The van der Waals surface area contributed by atoms with E-state index in [0.717, 1.165) is 69.8 Å². The van der Waals surface area contributed by atoms with Gasteiger partial charge >= 0.3 is 8.80 Å². The predicted octanol–water partition coefficient (Wildman–Crippen LogP) is 6.77. The highest BCUT2D eigenvalue weighted by molar-refractivity contribution is 6.60. The predicted molar refractivity (Wildman–Crippen MR) is 130 cm³/mol. The Kier molecular flexibility index (Phi) is 16.0. The Balaban J connectivity index is 2.77. The van der Waals surface area contributed by atoms with Crippen LogP contribution in [0.5, 0.6) is 5.75 Å². The number of rotatable bonds is 20. The lowest BCUT2D eigenvalue weighted by Gasteiger charge is -2.29. The molecular weight excluding hydrogens is 408 g/mol. The van der Waals surface area contributed by atoms with E-state index < -0.39 is 8.80 Å². The molecule has 0 fully saturated rings. The van der Waals surface area contributed by atoms with Gasteiger partial charge in [0, 0.05) is 32.3 Å². The van der Waals surface area contributed by atoms with Crippen LogP contribution in [0.1, 0.15) is 85.1 Å². The molecule has 5 nitrogen and oxygen atoms in total. The minimum Gasteiger partial charge on any atom is -0.465 e. The molecule has 0 aliphatic carbocycles. The van der Waals surface area contributed by atoms with Crippen LogP contribution in [0.2, 0.25) is 6.04 Å². The summed E-state index contributed by atoms with van der Waals surface area (Å²) in [5.74, 6) is 0.913. The van der Waals surface area contributed by atoms with Crippen LogP contribution >= 0.6 is 0 Å². The van der Waals surface area contributed by atoms with Gasteiger partial charge in [0.1, 0.15) is 5.75 Å². The van der Waals surface area contributed by atoms with Crippen LogP contribution < -0.4 is 4.74 Å². The Morgan fingerprint density at radius 1 is 0.742 bits per heavy atom. The largest absolute Gasteiger partial charge is 0.500 e. The van der Waals surface area contributed by atoms with Gasteiger partial charge in [-0.15, -0.1) is 0 Å². The van der Waals surface area contributed by atoms with Crippen molar-refractivity contribution in [1.82, 2.24) is 0 Å². The fourth-order valence-electron chi connectivity index (χ4n) is 3.17. The molecule has 6 heteroatoms. The zero-order valence-electron chi connectivity index (χ0n) is 20.6. The van der Waals surface area contributed by atoms with Crippen LogP contribution in [-0.4, -0.2) is 41.5 Å². The standard InChI is InChI=1S/C25H46O5Si/c1-6-11-21-26-25(10-5)30-24-17-13-12-15-23(24)16-14-22-31(27-18-7-2,28-19-8-3)29-20-9-4/h12-13,15,17,25H,6-11,14,16,18-22H2,1-5H3. The summed E-state index contributed by atoms with van der Waals surface area (Å²) in [6.45, 7) is 13.4. The van der Waals surface area contributed by atoms with Crippen molar-refractivity contribution in [2.75, 3.05) is 26.4 Å². The fourth-order valence-corrected chi connectivity index (χ4v) is 6.01. The van der Waals surface area contributed by atoms with Crippen molar-refractivity contribution in [2.45, 2.75) is 98.3 Å². The Morgan fingerprint density at radius 3 is 1.90 bits per heavy atom. The molecule has 0 saturated heterocycles. The highest BCUT2D eigenvalue weighted by Crippen LogP contribution is 2.26. The van der Waals surface area contributed by atoms with Crippen molar-refractivity contribution >= 4 is 8.80 Å². The van der Waals surface area contributed by atoms with E-state index in [4.69, 9.17) is 22.8 Å².